The van der Waals surface area contributed by atoms with Gasteiger partial charge in [-0.15, -0.1) is 0 Å². The summed E-state index contributed by atoms with van der Waals surface area (Å²) in [7, 11) is 0. The van der Waals surface area contributed by atoms with Crippen molar-refractivity contribution in [2.24, 2.45) is 0 Å². The second-order valence-electron chi connectivity index (χ2n) is 3.59. The molecule has 1 aliphatic heterocycles. The highest BCUT2D eigenvalue weighted by atomic mass is 19.1. The first kappa shape index (κ1) is 8.54. The second-order valence-corrected chi connectivity index (χ2v) is 3.59. The Morgan fingerprint density at radius 1 is 1.54 bits per heavy atom. The number of anilines is 1. The van der Waals surface area contributed by atoms with Gasteiger partial charge >= 0.3 is 0 Å². The first-order valence-corrected chi connectivity index (χ1v) is 4.84. The van der Waals surface area contributed by atoms with Crippen LogP contribution in [0.2, 0.25) is 0 Å². The fourth-order valence-electron chi connectivity index (χ4n) is 1.83. The first-order valence-electron chi connectivity index (χ1n) is 4.84. The van der Waals surface area contributed by atoms with Gasteiger partial charge in [0.1, 0.15) is 5.82 Å². The molecule has 0 spiro atoms. The molecule has 0 saturated heterocycles. The van der Waals surface area contributed by atoms with Gasteiger partial charge in [-0.2, -0.15) is 0 Å². The van der Waals surface area contributed by atoms with Gasteiger partial charge in [0, 0.05) is 11.7 Å². The van der Waals surface area contributed by atoms with Crippen molar-refractivity contribution in [2.45, 2.75) is 32.2 Å². The van der Waals surface area contributed by atoms with Crippen LogP contribution in [0, 0.1) is 5.82 Å². The van der Waals surface area contributed by atoms with Crippen LogP contribution in [0.15, 0.2) is 18.2 Å². The smallest absolute Gasteiger partial charge is 0.125 e. The molecule has 0 amide bonds. The Labute approximate surface area is 78.0 Å². The third-order valence-electron chi connectivity index (χ3n) is 2.69. The Kier molecular flexibility index (Phi) is 2.21. The molecule has 0 radical (unpaired) electrons. The summed E-state index contributed by atoms with van der Waals surface area (Å²) in [6.45, 7) is 2.15. The minimum atomic E-state index is -0.150. The summed E-state index contributed by atoms with van der Waals surface area (Å²) in [4.78, 5) is 0. The van der Waals surface area contributed by atoms with Gasteiger partial charge in [0.05, 0.1) is 0 Å². The monoisotopic (exact) mass is 179 g/mol. The van der Waals surface area contributed by atoms with E-state index < -0.39 is 0 Å². The van der Waals surface area contributed by atoms with E-state index >= 15 is 0 Å². The van der Waals surface area contributed by atoms with Gasteiger partial charge in [0.2, 0.25) is 0 Å². The van der Waals surface area contributed by atoms with Crippen LogP contribution in [0.25, 0.3) is 0 Å². The van der Waals surface area contributed by atoms with Crippen molar-refractivity contribution in [3.8, 4) is 0 Å². The summed E-state index contributed by atoms with van der Waals surface area (Å²) in [5.74, 6) is -0.150. The van der Waals surface area contributed by atoms with E-state index in [2.05, 4.69) is 12.2 Å². The Balaban J connectivity index is 2.27. The highest BCUT2D eigenvalue weighted by Gasteiger charge is 2.15. The van der Waals surface area contributed by atoms with Gasteiger partial charge in [-0.05, 0) is 37.0 Å². The van der Waals surface area contributed by atoms with Crippen LogP contribution in [0.1, 0.15) is 25.3 Å². The molecule has 1 aromatic carbocycles. The SMILES string of the molecule is CCC1CCc2ccc(F)cc2N1. The average molecular weight is 179 g/mol. The molecule has 70 valence electrons. The Hall–Kier alpha value is -1.05. The highest BCUT2D eigenvalue weighted by molar-refractivity contribution is 5.54. The van der Waals surface area contributed by atoms with E-state index in [-0.39, 0.29) is 5.82 Å². The Morgan fingerprint density at radius 2 is 2.38 bits per heavy atom. The predicted octanol–water partition coefficient (Wildman–Crippen LogP) is 2.96. The number of hydrogen-bond acceptors (Lipinski definition) is 1. The van der Waals surface area contributed by atoms with E-state index in [1.165, 1.54) is 11.6 Å². The number of nitrogens with one attached hydrogen (secondary N) is 1. The number of aryl methyl sites for hydroxylation is 1. The van der Waals surface area contributed by atoms with Crippen molar-refractivity contribution < 1.29 is 4.39 Å². The number of fused-ring (bicyclic) bond motifs is 1. The minimum absolute atomic E-state index is 0.150. The van der Waals surface area contributed by atoms with Crippen molar-refractivity contribution in [1.29, 1.82) is 0 Å². The molecular formula is C11H14FN. The van der Waals surface area contributed by atoms with Crippen LogP contribution in [0.3, 0.4) is 0 Å². The quantitative estimate of drug-likeness (QED) is 0.698. The maximum atomic E-state index is 12.9. The van der Waals surface area contributed by atoms with E-state index in [1.54, 1.807) is 6.07 Å². The topological polar surface area (TPSA) is 12.0 Å². The summed E-state index contributed by atoms with van der Waals surface area (Å²) >= 11 is 0. The fraction of sp³-hybridized carbons (Fsp3) is 0.455. The van der Waals surface area contributed by atoms with Gasteiger partial charge in [0.25, 0.3) is 0 Å². The maximum absolute atomic E-state index is 12.9. The number of halogens is 1. The van der Waals surface area contributed by atoms with Crippen LogP contribution in [-0.2, 0) is 6.42 Å². The van der Waals surface area contributed by atoms with E-state index in [1.807, 2.05) is 6.07 Å². The molecule has 1 unspecified atom stereocenters. The molecule has 0 aliphatic carbocycles. The van der Waals surface area contributed by atoms with Gasteiger partial charge in [-0.25, -0.2) is 4.39 Å². The maximum Gasteiger partial charge on any atom is 0.125 e. The summed E-state index contributed by atoms with van der Waals surface area (Å²) in [6, 6.07) is 5.53. The van der Waals surface area contributed by atoms with Crippen molar-refractivity contribution in [3.63, 3.8) is 0 Å². The van der Waals surface area contributed by atoms with E-state index in [9.17, 15) is 4.39 Å². The van der Waals surface area contributed by atoms with E-state index in [0.717, 1.165) is 24.9 Å². The first-order chi connectivity index (χ1) is 6.29. The van der Waals surface area contributed by atoms with Crippen molar-refractivity contribution in [2.75, 3.05) is 5.32 Å². The normalized spacial score (nSPS) is 20.6. The molecule has 0 fully saturated rings. The van der Waals surface area contributed by atoms with Gasteiger partial charge in [-0.3, -0.25) is 0 Å². The zero-order chi connectivity index (χ0) is 9.26. The molecular weight excluding hydrogens is 165 g/mol. The molecule has 1 atom stereocenters. The van der Waals surface area contributed by atoms with E-state index in [0.29, 0.717) is 6.04 Å². The van der Waals surface area contributed by atoms with Crippen LogP contribution < -0.4 is 5.32 Å². The Bertz CT molecular complexity index is 309. The molecule has 0 bridgehead atoms. The van der Waals surface area contributed by atoms with Crippen molar-refractivity contribution >= 4 is 5.69 Å². The molecule has 1 heterocycles. The predicted molar refractivity (Wildman–Crippen MR) is 52.4 cm³/mol. The lowest BCUT2D eigenvalue weighted by Crippen LogP contribution is -2.24. The lowest BCUT2D eigenvalue weighted by atomic mass is 9.97. The molecule has 1 nitrogen and oxygen atoms in total. The van der Waals surface area contributed by atoms with Crippen molar-refractivity contribution in [3.05, 3.63) is 29.6 Å². The van der Waals surface area contributed by atoms with Crippen molar-refractivity contribution in [1.82, 2.24) is 0 Å². The molecule has 2 rings (SSSR count). The van der Waals surface area contributed by atoms with Gasteiger partial charge < -0.3 is 5.32 Å². The summed E-state index contributed by atoms with van der Waals surface area (Å²) in [5, 5.41) is 3.35. The average Bonchev–Trinajstić information content (AvgIpc) is 2.16. The zero-order valence-corrected chi connectivity index (χ0v) is 7.81. The summed E-state index contributed by atoms with van der Waals surface area (Å²) < 4.78 is 12.9. The van der Waals surface area contributed by atoms with E-state index in [4.69, 9.17) is 0 Å². The van der Waals surface area contributed by atoms with Gasteiger partial charge in [-0.1, -0.05) is 13.0 Å². The highest BCUT2D eigenvalue weighted by Crippen LogP contribution is 2.26. The molecule has 0 aromatic heterocycles. The van der Waals surface area contributed by atoms with Crippen LogP contribution in [0.5, 0.6) is 0 Å². The second kappa shape index (κ2) is 3.36. The van der Waals surface area contributed by atoms with Crippen LogP contribution in [-0.4, -0.2) is 6.04 Å². The standard InChI is InChI=1S/C11H14FN/c1-2-10-6-4-8-3-5-9(12)7-11(8)13-10/h3,5,7,10,13H,2,4,6H2,1H3. The van der Waals surface area contributed by atoms with Gasteiger partial charge in [0.15, 0.2) is 0 Å². The lowest BCUT2D eigenvalue weighted by Gasteiger charge is -2.25. The number of hydrogen-bond donors (Lipinski definition) is 1. The van der Waals surface area contributed by atoms with Crippen LogP contribution in [0.4, 0.5) is 10.1 Å². The Morgan fingerprint density at radius 3 is 3.15 bits per heavy atom. The third kappa shape index (κ3) is 1.67. The molecule has 1 aliphatic rings. The molecule has 2 heteroatoms. The summed E-state index contributed by atoms with van der Waals surface area (Å²) in [6.07, 6.45) is 3.34. The molecule has 0 saturated carbocycles. The summed E-state index contributed by atoms with van der Waals surface area (Å²) in [5.41, 5.74) is 2.23. The largest absolute Gasteiger partial charge is 0.382 e. The number of rotatable bonds is 1. The molecule has 13 heavy (non-hydrogen) atoms. The fourth-order valence-corrected chi connectivity index (χ4v) is 1.83. The third-order valence-corrected chi connectivity index (χ3v) is 2.69. The lowest BCUT2D eigenvalue weighted by molar-refractivity contribution is 0.601. The molecule has 1 N–H and O–H groups in total. The molecule has 1 aromatic rings. The number of benzene rings is 1. The zero-order valence-electron chi connectivity index (χ0n) is 7.81. The minimum Gasteiger partial charge on any atom is -0.382 e. The van der Waals surface area contributed by atoms with Crippen LogP contribution >= 0.6 is 0 Å².